The Bertz CT molecular complexity index is 485. The summed E-state index contributed by atoms with van der Waals surface area (Å²) in [6, 6.07) is 3.44. The standard InChI is InChI=1S/C10H9N3O2S/c1-15-10-7(3-2-4-11-10)13-9(14)8-5-16-6-12-8/h2-6H,1H3,(H,13,14). The fourth-order valence-corrected chi connectivity index (χ4v) is 1.69. The van der Waals surface area contributed by atoms with Gasteiger partial charge in [-0.1, -0.05) is 0 Å². The number of rotatable bonds is 3. The van der Waals surface area contributed by atoms with Gasteiger partial charge in [0.25, 0.3) is 5.91 Å². The molecule has 1 N–H and O–H groups in total. The van der Waals surface area contributed by atoms with Gasteiger partial charge >= 0.3 is 0 Å². The molecule has 16 heavy (non-hydrogen) atoms. The Balaban J connectivity index is 2.18. The third-order valence-electron chi connectivity index (χ3n) is 1.88. The lowest BCUT2D eigenvalue weighted by Crippen LogP contribution is -2.13. The van der Waals surface area contributed by atoms with Crippen molar-refractivity contribution < 1.29 is 9.53 Å². The van der Waals surface area contributed by atoms with Crippen molar-refractivity contribution in [3.63, 3.8) is 0 Å². The maximum atomic E-state index is 11.7. The Kier molecular flexibility index (Phi) is 3.11. The molecule has 82 valence electrons. The van der Waals surface area contributed by atoms with Gasteiger partial charge in [0.05, 0.1) is 12.6 Å². The highest BCUT2D eigenvalue weighted by Crippen LogP contribution is 2.20. The molecule has 0 aliphatic heterocycles. The van der Waals surface area contributed by atoms with Crippen LogP contribution in [0.1, 0.15) is 10.5 Å². The second-order valence-corrected chi connectivity index (χ2v) is 3.61. The molecular formula is C10H9N3O2S. The molecule has 5 nitrogen and oxygen atoms in total. The normalized spacial score (nSPS) is 9.81. The molecule has 2 aromatic rings. The number of amides is 1. The van der Waals surface area contributed by atoms with Gasteiger partial charge in [-0.3, -0.25) is 4.79 Å². The summed E-state index contributed by atoms with van der Waals surface area (Å²) in [5.41, 5.74) is 2.52. The zero-order valence-corrected chi connectivity index (χ0v) is 9.32. The highest BCUT2D eigenvalue weighted by atomic mass is 32.1. The van der Waals surface area contributed by atoms with Gasteiger partial charge in [-0.05, 0) is 12.1 Å². The molecule has 0 aliphatic rings. The topological polar surface area (TPSA) is 64.1 Å². The third-order valence-corrected chi connectivity index (χ3v) is 2.46. The van der Waals surface area contributed by atoms with E-state index in [0.29, 0.717) is 17.3 Å². The summed E-state index contributed by atoms with van der Waals surface area (Å²) in [4.78, 5) is 19.6. The minimum absolute atomic E-state index is 0.271. The van der Waals surface area contributed by atoms with Crippen LogP contribution in [0, 0.1) is 0 Å². The number of carbonyl (C=O) groups is 1. The lowest BCUT2D eigenvalue weighted by molar-refractivity contribution is 0.102. The summed E-state index contributed by atoms with van der Waals surface area (Å²) in [5, 5.41) is 4.36. The number of hydrogen-bond acceptors (Lipinski definition) is 5. The predicted molar refractivity (Wildman–Crippen MR) is 60.9 cm³/mol. The zero-order chi connectivity index (χ0) is 11.4. The Morgan fingerprint density at radius 2 is 2.38 bits per heavy atom. The van der Waals surface area contributed by atoms with Crippen LogP contribution < -0.4 is 10.1 Å². The minimum atomic E-state index is -0.271. The Labute approximate surface area is 96.1 Å². The van der Waals surface area contributed by atoms with Crippen LogP contribution in [0.5, 0.6) is 5.88 Å². The van der Waals surface area contributed by atoms with Gasteiger partial charge in [0.2, 0.25) is 5.88 Å². The van der Waals surface area contributed by atoms with E-state index in [1.54, 1.807) is 29.2 Å². The van der Waals surface area contributed by atoms with Gasteiger partial charge in [-0.2, -0.15) is 0 Å². The molecular weight excluding hydrogens is 226 g/mol. The number of thiazole rings is 1. The van der Waals surface area contributed by atoms with Crippen molar-refractivity contribution >= 4 is 22.9 Å². The van der Waals surface area contributed by atoms with Gasteiger partial charge < -0.3 is 10.1 Å². The lowest BCUT2D eigenvalue weighted by atomic mass is 10.3. The van der Waals surface area contributed by atoms with Crippen LogP contribution in [0.4, 0.5) is 5.69 Å². The zero-order valence-electron chi connectivity index (χ0n) is 8.51. The van der Waals surface area contributed by atoms with Gasteiger partial charge in [0.1, 0.15) is 11.4 Å². The minimum Gasteiger partial charge on any atom is -0.480 e. The summed E-state index contributed by atoms with van der Waals surface area (Å²) in [6.07, 6.45) is 1.59. The van der Waals surface area contributed by atoms with E-state index in [1.807, 2.05) is 0 Å². The van der Waals surface area contributed by atoms with Crippen LogP contribution in [0.15, 0.2) is 29.2 Å². The number of anilines is 1. The number of hydrogen-bond donors (Lipinski definition) is 1. The summed E-state index contributed by atoms with van der Waals surface area (Å²) in [5.74, 6) is 0.110. The second-order valence-electron chi connectivity index (χ2n) is 2.89. The SMILES string of the molecule is COc1ncccc1NC(=O)c1cscn1. The number of pyridine rings is 1. The van der Waals surface area contributed by atoms with E-state index >= 15 is 0 Å². The lowest BCUT2D eigenvalue weighted by Gasteiger charge is -2.06. The van der Waals surface area contributed by atoms with Gasteiger partial charge in [0, 0.05) is 11.6 Å². The predicted octanol–water partition coefficient (Wildman–Crippen LogP) is 1.80. The Hall–Kier alpha value is -1.95. The van der Waals surface area contributed by atoms with Crippen LogP contribution in [-0.4, -0.2) is 23.0 Å². The maximum absolute atomic E-state index is 11.7. The summed E-state index contributed by atoms with van der Waals surface area (Å²) >= 11 is 1.37. The first-order chi connectivity index (χ1) is 7.81. The molecule has 0 atom stereocenters. The second kappa shape index (κ2) is 4.71. The van der Waals surface area contributed by atoms with Gasteiger partial charge in [0.15, 0.2) is 0 Å². The quantitative estimate of drug-likeness (QED) is 0.881. The van der Waals surface area contributed by atoms with E-state index in [4.69, 9.17) is 4.74 Å². The Morgan fingerprint density at radius 1 is 1.50 bits per heavy atom. The first-order valence-corrected chi connectivity index (χ1v) is 5.44. The van der Waals surface area contributed by atoms with Gasteiger partial charge in [-0.25, -0.2) is 9.97 Å². The number of aromatic nitrogens is 2. The first kappa shape index (κ1) is 10.6. The van der Waals surface area contributed by atoms with Crippen LogP contribution in [0.25, 0.3) is 0 Å². The van der Waals surface area contributed by atoms with Crippen LogP contribution >= 0.6 is 11.3 Å². The van der Waals surface area contributed by atoms with Crippen molar-refractivity contribution in [2.75, 3.05) is 12.4 Å². The molecule has 2 heterocycles. The van der Waals surface area contributed by atoms with Crippen molar-refractivity contribution in [2.45, 2.75) is 0 Å². The highest BCUT2D eigenvalue weighted by molar-refractivity contribution is 7.07. The molecule has 0 aromatic carbocycles. The molecule has 0 spiro atoms. The van der Waals surface area contributed by atoms with Crippen molar-refractivity contribution in [1.29, 1.82) is 0 Å². The molecule has 0 fully saturated rings. The molecule has 2 aromatic heterocycles. The molecule has 0 aliphatic carbocycles. The van der Waals surface area contributed by atoms with Crippen LogP contribution in [0.2, 0.25) is 0 Å². The molecule has 2 rings (SSSR count). The fourth-order valence-electron chi connectivity index (χ4n) is 1.16. The van der Waals surface area contributed by atoms with E-state index in [9.17, 15) is 4.79 Å². The van der Waals surface area contributed by atoms with E-state index in [1.165, 1.54) is 18.4 Å². The number of nitrogens with one attached hydrogen (secondary N) is 1. The van der Waals surface area contributed by atoms with Gasteiger partial charge in [-0.15, -0.1) is 11.3 Å². The van der Waals surface area contributed by atoms with Crippen LogP contribution in [0.3, 0.4) is 0 Å². The number of nitrogens with zero attached hydrogens (tertiary/aromatic N) is 2. The average molecular weight is 235 g/mol. The molecule has 0 saturated heterocycles. The van der Waals surface area contributed by atoms with Crippen molar-refractivity contribution in [3.05, 3.63) is 34.9 Å². The summed E-state index contributed by atoms with van der Waals surface area (Å²) < 4.78 is 5.02. The first-order valence-electron chi connectivity index (χ1n) is 4.50. The number of ether oxygens (including phenoxy) is 1. The van der Waals surface area contributed by atoms with E-state index in [2.05, 4.69) is 15.3 Å². The molecule has 0 saturated carbocycles. The molecule has 0 bridgehead atoms. The summed E-state index contributed by atoms with van der Waals surface area (Å²) in [6.45, 7) is 0. The molecule has 6 heteroatoms. The third kappa shape index (κ3) is 2.17. The smallest absolute Gasteiger partial charge is 0.275 e. The van der Waals surface area contributed by atoms with Crippen LogP contribution in [-0.2, 0) is 0 Å². The highest BCUT2D eigenvalue weighted by Gasteiger charge is 2.11. The molecule has 1 amide bonds. The average Bonchev–Trinajstić information content (AvgIpc) is 2.83. The fraction of sp³-hybridized carbons (Fsp3) is 0.100. The van der Waals surface area contributed by atoms with E-state index in [-0.39, 0.29) is 5.91 Å². The monoisotopic (exact) mass is 235 g/mol. The maximum Gasteiger partial charge on any atom is 0.275 e. The largest absolute Gasteiger partial charge is 0.480 e. The molecule has 0 unspecified atom stereocenters. The van der Waals surface area contributed by atoms with E-state index < -0.39 is 0 Å². The van der Waals surface area contributed by atoms with Crippen molar-refractivity contribution in [1.82, 2.24) is 9.97 Å². The number of carbonyl (C=O) groups excluding carboxylic acids is 1. The van der Waals surface area contributed by atoms with E-state index in [0.717, 1.165) is 0 Å². The number of methoxy groups -OCH3 is 1. The Morgan fingerprint density at radius 3 is 3.06 bits per heavy atom. The van der Waals surface area contributed by atoms with Crippen molar-refractivity contribution in [2.24, 2.45) is 0 Å². The molecule has 0 radical (unpaired) electrons. The summed E-state index contributed by atoms with van der Waals surface area (Å²) in [7, 11) is 1.50. The van der Waals surface area contributed by atoms with Crippen molar-refractivity contribution in [3.8, 4) is 5.88 Å².